The van der Waals surface area contributed by atoms with Gasteiger partial charge >= 0.3 is 0 Å². The Labute approximate surface area is 169 Å². The van der Waals surface area contributed by atoms with Gasteiger partial charge in [0.25, 0.3) is 11.8 Å². The lowest BCUT2D eigenvalue weighted by atomic mass is 10.1. The summed E-state index contributed by atoms with van der Waals surface area (Å²) in [5.74, 6) is 0.875. The monoisotopic (exact) mass is 392 g/mol. The van der Waals surface area contributed by atoms with E-state index >= 15 is 0 Å². The van der Waals surface area contributed by atoms with Crippen LogP contribution in [0.15, 0.2) is 65.3 Å². The van der Waals surface area contributed by atoms with Crippen LogP contribution in [-0.2, 0) is 0 Å². The minimum Gasteiger partial charge on any atom is -0.493 e. The van der Waals surface area contributed by atoms with Crippen LogP contribution in [0.3, 0.4) is 0 Å². The first kappa shape index (κ1) is 20.2. The van der Waals surface area contributed by atoms with Crippen LogP contribution in [0.25, 0.3) is 0 Å². The molecule has 2 aromatic carbocycles. The zero-order chi connectivity index (χ0) is 20.8. The van der Waals surface area contributed by atoms with Gasteiger partial charge in [0.2, 0.25) is 0 Å². The summed E-state index contributed by atoms with van der Waals surface area (Å²) in [6, 6.07) is 15.6. The molecule has 0 unspecified atom stereocenters. The molecule has 0 spiro atoms. The quantitative estimate of drug-likeness (QED) is 0.584. The van der Waals surface area contributed by atoms with Crippen molar-refractivity contribution in [3.05, 3.63) is 77.7 Å². The minimum atomic E-state index is -0.324. The maximum absolute atomic E-state index is 12.5. The maximum atomic E-state index is 12.5. The minimum absolute atomic E-state index is 0.216. The second-order valence-corrected chi connectivity index (χ2v) is 7.14. The van der Waals surface area contributed by atoms with E-state index in [1.165, 1.54) is 6.26 Å². The number of hydrogen-bond acceptors (Lipinski definition) is 4. The van der Waals surface area contributed by atoms with Gasteiger partial charge in [0.05, 0.1) is 12.9 Å². The molecule has 6 nitrogen and oxygen atoms in total. The van der Waals surface area contributed by atoms with Crippen molar-refractivity contribution < 1.29 is 18.7 Å². The van der Waals surface area contributed by atoms with Gasteiger partial charge in [-0.25, -0.2) is 0 Å². The summed E-state index contributed by atoms with van der Waals surface area (Å²) in [6.07, 6.45) is 1.45. The fraction of sp³-hybridized carbons (Fsp3) is 0.217. The second-order valence-electron chi connectivity index (χ2n) is 7.14. The van der Waals surface area contributed by atoms with Crippen LogP contribution in [-0.4, -0.2) is 18.4 Å². The van der Waals surface area contributed by atoms with Crippen molar-refractivity contribution in [3.63, 3.8) is 0 Å². The standard InChI is InChI=1S/C23H24N2O4/c1-15(2)14-29-19-9-6-17(7-10-19)22(26)24-18-8-11-20(16(3)13-18)25-23(27)21-5-4-12-28-21/h4-13,15H,14H2,1-3H3,(H,24,26)(H,25,27). The van der Waals surface area contributed by atoms with Crippen LogP contribution in [0, 0.1) is 12.8 Å². The van der Waals surface area contributed by atoms with Gasteiger partial charge in [-0.2, -0.15) is 0 Å². The molecule has 1 heterocycles. The van der Waals surface area contributed by atoms with E-state index in [0.717, 1.165) is 11.3 Å². The van der Waals surface area contributed by atoms with Gasteiger partial charge in [-0.15, -0.1) is 0 Å². The second kappa shape index (κ2) is 9.10. The summed E-state index contributed by atoms with van der Waals surface area (Å²) in [6.45, 7) is 6.65. The summed E-state index contributed by atoms with van der Waals surface area (Å²) in [7, 11) is 0. The Morgan fingerprint density at radius 2 is 1.76 bits per heavy atom. The number of ether oxygens (including phenoxy) is 1. The number of carbonyl (C=O) groups excluding carboxylic acids is 2. The molecule has 0 radical (unpaired) electrons. The van der Waals surface area contributed by atoms with Crippen molar-refractivity contribution in [2.45, 2.75) is 20.8 Å². The Bertz CT molecular complexity index is 977. The molecule has 6 heteroatoms. The number of amides is 2. The zero-order valence-corrected chi connectivity index (χ0v) is 16.7. The fourth-order valence-corrected chi connectivity index (χ4v) is 2.64. The molecule has 2 N–H and O–H groups in total. The SMILES string of the molecule is Cc1cc(NC(=O)c2ccc(OCC(C)C)cc2)ccc1NC(=O)c1ccco1. The molecule has 0 bridgehead atoms. The highest BCUT2D eigenvalue weighted by Gasteiger charge is 2.12. The summed E-state index contributed by atoms with van der Waals surface area (Å²) >= 11 is 0. The smallest absolute Gasteiger partial charge is 0.291 e. The average Bonchev–Trinajstić information content (AvgIpc) is 3.24. The number of hydrogen-bond donors (Lipinski definition) is 2. The van der Waals surface area contributed by atoms with Crippen molar-refractivity contribution in [1.29, 1.82) is 0 Å². The summed E-state index contributed by atoms with van der Waals surface area (Å²) in [5.41, 5.74) is 2.65. The third-order valence-electron chi connectivity index (χ3n) is 4.18. The number of benzene rings is 2. The number of aryl methyl sites for hydroxylation is 1. The van der Waals surface area contributed by atoms with E-state index in [1.807, 2.05) is 6.92 Å². The Morgan fingerprint density at radius 3 is 2.38 bits per heavy atom. The molecule has 0 saturated heterocycles. The highest BCUT2D eigenvalue weighted by Crippen LogP contribution is 2.22. The predicted octanol–water partition coefficient (Wildman–Crippen LogP) is 5.13. The Balaban J connectivity index is 1.62. The third-order valence-corrected chi connectivity index (χ3v) is 4.18. The normalized spacial score (nSPS) is 10.6. The Kier molecular flexibility index (Phi) is 6.34. The van der Waals surface area contributed by atoms with E-state index in [4.69, 9.17) is 9.15 Å². The lowest BCUT2D eigenvalue weighted by Crippen LogP contribution is -2.14. The van der Waals surface area contributed by atoms with Crippen LogP contribution in [0.2, 0.25) is 0 Å². The lowest BCUT2D eigenvalue weighted by molar-refractivity contribution is 0.0994. The van der Waals surface area contributed by atoms with Crippen molar-refractivity contribution in [2.75, 3.05) is 17.2 Å². The van der Waals surface area contributed by atoms with Crippen LogP contribution in [0.4, 0.5) is 11.4 Å². The molecule has 3 rings (SSSR count). The van der Waals surface area contributed by atoms with Gasteiger partial charge in [0.1, 0.15) is 5.75 Å². The molecule has 0 aliphatic heterocycles. The van der Waals surface area contributed by atoms with Gasteiger partial charge in [0.15, 0.2) is 5.76 Å². The molecule has 0 fully saturated rings. The van der Waals surface area contributed by atoms with E-state index in [-0.39, 0.29) is 17.6 Å². The molecule has 3 aromatic rings. The molecule has 1 aromatic heterocycles. The van der Waals surface area contributed by atoms with E-state index in [0.29, 0.717) is 29.5 Å². The van der Waals surface area contributed by atoms with Crippen LogP contribution in [0.5, 0.6) is 5.75 Å². The third kappa shape index (κ3) is 5.48. The number of rotatable bonds is 7. The molecule has 29 heavy (non-hydrogen) atoms. The van der Waals surface area contributed by atoms with Crippen LogP contribution in [0.1, 0.15) is 40.3 Å². The highest BCUT2D eigenvalue weighted by atomic mass is 16.5. The van der Waals surface area contributed by atoms with Crippen LogP contribution >= 0.6 is 0 Å². The molecular weight excluding hydrogens is 368 g/mol. The molecule has 0 aliphatic rings. The maximum Gasteiger partial charge on any atom is 0.291 e. The topological polar surface area (TPSA) is 80.6 Å². The van der Waals surface area contributed by atoms with Crippen molar-refractivity contribution in [1.82, 2.24) is 0 Å². The summed E-state index contributed by atoms with van der Waals surface area (Å²) in [4.78, 5) is 24.6. The van der Waals surface area contributed by atoms with E-state index in [1.54, 1.807) is 54.6 Å². The lowest BCUT2D eigenvalue weighted by Gasteiger charge is -2.11. The first-order chi connectivity index (χ1) is 13.9. The van der Waals surface area contributed by atoms with E-state index < -0.39 is 0 Å². The van der Waals surface area contributed by atoms with Gasteiger partial charge in [-0.05, 0) is 73.0 Å². The predicted molar refractivity (Wildman–Crippen MR) is 113 cm³/mol. The van der Waals surface area contributed by atoms with E-state index in [2.05, 4.69) is 24.5 Å². The first-order valence-corrected chi connectivity index (χ1v) is 9.42. The number of nitrogens with one attached hydrogen (secondary N) is 2. The molecule has 2 amide bonds. The molecule has 0 atom stereocenters. The molecular formula is C23H24N2O4. The van der Waals surface area contributed by atoms with Gasteiger partial charge < -0.3 is 19.8 Å². The number of anilines is 2. The summed E-state index contributed by atoms with van der Waals surface area (Å²) < 4.78 is 10.7. The molecule has 0 aliphatic carbocycles. The van der Waals surface area contributed by atoms with Crippen molar-refractivity contribution in [2.24, 2.45) is 5.92 Å². The largest absolute Gasteiger partial charge is 0.493 e. The van der Waals surface area contributed by atoms with Crippen molar-refractivity contribution >= 4 is 23.2 Å². The number of furan rings is 1. The molecule has 0 saturated carbocycles. The van der Waals surface area contributed by atoms with E-state index in [9.17, 15) is 9.59 Å². The fourth-order valence-electron chi connectivity index (χ4n) is 2.64. The Hall–Kier alpha value is -3.54. The molecule has 150 valence electrons. The van der Waals surface area contributed by atoms with Gasteiger partial charge in [-0.1, -0.05) is 13.8 Å². The van der Waals surface area contributed by atoms with Gasteiger partial charge in [0, 0.05) is 16.9 Å². The summed E-state index contributed by atoms with van der Waals surface area (Å²) in [5, 5.41) is 5.66. The zero-order valence-electron chi connectivity index (χ0n) is 16.7. The highest BCUT2D eigenvalue weighted by molar-refractivity contribution is 6.05. The number of carbonyl (C=O) groups is 2. The van der Waals surface area contributed by atoms with Crippen molar-refractivity contribution in [3.8, 4) is 5.75 Å². The Morgan fingerprint density at radius 1 is 1.00 bits per heavy atom. The average molecular weight is 392 g/mol. The van der Waals surface area contributed by atoms with Crippen LogP contribution < -0.4 is 15.4 Å². The first-order valence-electron chi connectivity index (χ1n) is 9.42. The van der Waals surface area contributed by atoms with Gasteiger partial charge in [-0.3, -0.25) is 9.59 Å².